The van der Waals surface area contributed by atoms with Gasteiger partial charge in [0.2, 0.25) is 0 Å². The molecule has 0 saturated carbocycles. The van der Waals surface area contributed by atoms with Crippen molar-refractivity contribution in [3.8, 4) is 0 Å². The molecule has 3 aromatic carbocycles. The summed E-state index contributed by atoms with van der Waals surface area (Å²) in [4.78, 5) is 4.52. The fourth-order valence-electron chi connectivity index (χ4n) is 3.69. The van der Waals surface area contributed by atoms with Crippen molar-refractivity contribution in [2.45, 2.75) is 17.4 Å². The SMILES string of the molecule is CS(=O)CCN=C(NS(=O)(=O)c1ccc(Cl)cc1)C1=NN(c2ccc(Cl)cc2)C(c2ccccc2)C1. The van der Waals surface area contributed by atoms with Crippen molar-refractivity contribution in [3.63, 3.8) is 0 Å². The smallest absolute Gasteiger partial charge is 0.263 e. The molecule has 1 aliphatic rings. The first kappa shape index (κ1) is 26.3. The fourth-order valence-corrected chi connectivity index (χ4v) is 5.34. The molecule has 4 rings (SSSR count). The van der Waals surface area contributed by atoms with Gasteiger partial charge in [0, 0.05) is 39.3 Å². The van der Waals surface area contributed by atoms with Gasteiger partial charge in [-0.05, 0) is 54.1 Å². The third-order valence-electron chi connectivity index (χ3n) is 5.46. The Balaban J connectivity index is 1.72. The number of sulfonamides is 1. The standard InChI is InChI=1S/C25H24Cl2N4O3S2/c1-35(32)16-15-28-25(30-36(33,34)22-13-9-20(27)10-14-22)23-17-24(18-5-3-2-4-6-18)31(29-23)21-11-7-19(26)8-12-21/h2-14,24H,15-17H2,1H3,(H,28,30). The topological polar surface area (TPSA) is 91.2 Å². The van der Waals surface area contributed by atoms with E-state index in [1.807, 2.05) is 47.5 Å². The van der Waals surface area contributed by atoms with Crippen molar-refractivity contribution in [1.82, 2.24) is 4.72 Å². The fraction of sp³-hybridized carbons (Fsp3) is 0.200. The van der Waals surface area contributed by atoms with Crippen LogP contribution in [0, 0.1) is 0 Å². The maximum Gasteiger partial charge on any atom is 0.263 e. The molecule has 0 fully saturated rings. The van der Waals surface area contributed by atoms with Gasteiger partial charge in [0.25, 0.3) is 10.0 Å². The Hall–Kier alpha value is -2.72. The Morgan fingerprint density at radius 1 is 1.03 bits per heavy atom. The van der Waals surface area contributed by atoms with E-state index in [0.29, 0.717) is 27.9 Å². The van der Waals surface area contributed by atoms with Crippen molar-refractivity contribution < 1.29 is 12.6 Å². The van der Waals surface area contributed by atoms with Crippen molar-refractivity contribution in [3.05, 3.63) is 94.5 Å². The Morgan fingerprint density at radius 3 is 2.25 bits per heavy atom. The van der Waals surface area contributed by atoms with Gasteiger partial charge < -0.3 is 0 Å². The molecule has 0 amide bonds. The number of aliphatic imine (C=N–C) groups is 1. The van der Waals surface area contributed by atoms with Crippen molar-refractivity contribution >= 4 is 61.3 Å². The van der Waals surface area contributed by atoms with Gasteiger partial charge in [-0.2, -0.15) is 5.10 Å². The number of halogens is 2. The molecule has 0 spiro atoms. The molecule has 0 saturated heterocycles. The summed E-state index contributed by atoms with van der Waals surface area (Å²) < 4.78 is 40.6. The molecule has 1 heterocycles. The minimum atomic E-state index is -3.97. The summed E-state index contributed by atoms with van der Waals surface area (Å²) in [5.41, 5.74) is 2.29. The largest absolute Gasteiger partial charge is 0.265 e. The van der Waals surface area contributed by atoms with E-state index in [9.17, 15) is 12.6 Å². The van der Waals surface area contributed by atoms with E-state index in [-0.39, 0.29) is 23.3 Å². The first-order valence-corrected chi connectivity index (χ1v) is 15.0. The predicted molar refractivity (Wildman–Crippen MR) is 148 cm³/mol. The molecule has 1 N–H and O–H groups in total. The Bertz CT molecular complexity index is 1400. The highest BCUT2D eigenvalue weighted by Crippen LogP contribution is 2.36. The second kappa shape index (κ2) is 11.6. The van der Waals surface area contributed by atoms with Gasteiger partial charge in [-0.1, -0.05) is 53.5 Å². The zero-order valence-electron chi connectivity index (χ0n) is 19.3. The molecule has 11 heteroatoms. The highest BCUT2D eigenvalue weighted by atomic mass is 35.5. The highest BCUT2D eigenvalue weighted by molar-refractivity contribution is 7.90. The normalized spacial score (nSPS) is 17.1. The summed E-state index contributed by atoms with van der Waals surface area (Å²) in [6, 6.07) is 22.8. The molecule has 0 aromatic heterocycles. The van der Waals surface area contributed by atoms with Crippen molar-refractivity contribution in [2.24, 2.45) is 10.1 Å². The van der Waals surface area contributed by atoms with E-state index < -0.39 is 20.8 Å². The van der Waals surface area contributed by atoms with E-state index >= 15 is 0 Å². The van der Waals surface area contributed by atoms with Crippen LogP contribution in [0.1, 0.15) is 18.0 Å². The first-order valence-electron chi connectivity index (χ1n) is 11.0. The molecule has 0 radical (unpaired) electrons. The summed E-state index contributed by atoms with van der Waals surface area (Å²) in [6.07, 6.45) is 1.98. The predicted octanol–water partition coefficient (Wildman–Crippen LogP) is 5.06. The lowest BCUT2D eigenvalue weighted by atomic mass is 10.0. The Labute approximate surface area is 223 Å². The lowest BCUT2D eigenvalue weighted by molar-refractivity contribution is 0.592. The second-order valence-electron chi connectivity index (χ2n) is 8.07. The lowest BCUT2D eigenvalue weighted by Gasteiger charge is -2.24. The number of rotatable bonds is 8. The lowest BCUT2D eigenvalue weighted by Crippen LogP contribution is -2.36. The molecule has 0 bridgehead atoms. The molecule has 36 heavy (non-hydrogen) atoms. The molecule has 7 nitrogen and oxygen atoms in total. The number of hydrogen-bond donors (Lipinski definition) is 1. The third kappa shape index (κ3) is 6.53. The van der Waals surface area contributed by atoms with Crippen LogP contribution in [-0.4, -0.2) is 42.7 Å². The molecule has 188 valence electrons. The summed E-state index contributed by atoms with van der Waals surface area (Å²) in [5, 5.41) is 7.66. The van der Waals surface area contributed by atoms with Gasteiger partial charge in [0.05, 0.1) is 23.2 Å². The number of nitrogens with one attached hydrogen (secondary N) is 1. The quantitative estimate of drug-likeness (QED) is 0.307. The number of nitrogens with zero attached hydrogens (tertiary/aromatic N) is 3. The van der Waals surface area contributed by atoms with E-state index in [4.69, 9.17) is 28.3 Å². The zero-order chi connectivity index (χ0) is 25.7. The molecule has 2 unspecified atom stereocenters. The van der Waals surface area contributed by atoms with Crippen LogP contribution in [0.5, 0.6) is 0 Å². The molecule has 0 aliphatic carbocycles. The average Bonchev–Trinajstić information content (AvgIpc) is 3.30. The minimum Gasteiger partial charge on any atom is -0.265 e. The Kier molecular flexibility index (Phi) is 8.46. The van der Waals surface area contributed by atoms with Gasteiger partial charge in [-0.3, -0.25) is 18.9 Å². The number of benzene rings is 3. The monoisotopic (exact) mass is 562 g/mol. The molecular formula is C25H24Cl2N4O3S2. The van der Waals surface area contributed by atoms with Crippen LogP contribution in [0.4, 0.5) is 5.69 Å². The molecular weight excluding hydrogens is 539 g/mol. The highest BCUT2D eigenvalue weighted by Gasteiger charge is 2.33. The van der Waals surface area contributed by atoms with Crippen LogP contribution in [-0.2, 0) is 20.8 Å². The van der Waals surface area contributed by atoms with Crippen LogP contribution in [0.15, 0.2) is 93.9 Å². The van der Waals surface area contributed by atoms with Crippen LogP contribution < -0.4 is 9.73 Å². The third-order valence-corrected chi connectivity index (χ3v) is 8.08. The number of hydrogen-bond acceptors (Lipinski definition) is 6. The number of anilines is 1. The first-order chi connectivity index (χ1) is 17.2. The Morgan fingerprint density at radius 2 is 1.64 bits per heavy atom. The maximum absolute atomic E-state index is 13.2. The molecule has 3 aromatic rings. The number of hydrazone groups is 1. The summed E-state index contributed by atoms with van der Waals surface area (Å²) in [6.45, 7) is 0.178. The van der Waals surface area contributed by atoms with Gasteiger partial charge in [0.15, 0.2) is 5.84 Å². The maximum atomic E-state index is 13.2. The average molecular weight is 564 g/mol. The van der Waals surface area contributed by atoms with Gasteiger partial charge in [-0.15, -0.1) is 0 Å². The van der Waals surface area contributed by atoms with E-state index in [0.717, 1.165) is 11.3 Å². The van der Waals surface area contributed by atoms with E-state index in [1.165, 1.54) is 24.3 Å². The van der Waals surface area contributed by atoms with Gasteiger partial charge in [-0.25, -0.2) is 8.42 Å². The van der Waals surface area contributed by atoms with Crippen LogP contribution in [0.25, 0.3) is 0 Å². The van der Waals surface area contributed by atoms with Crippen LogP contribution >= 0.6 is 23.2 Å². The van der Waals surface area contributed by atoms with Crippen molar-refractivity contribution in [2.75, 3.05) is 23.6 Å². The van der Waals surface area contributed by atoms with Crippen molar-refractivity contribution in [1.29, 1.82) is 0 Å². The summed E-state index contributed by atoms with van der Waals surface area (Å²) in [5.74, 6) is 0.412. The minimum absolute atomic E-state index is 0.0476. The van der Waals surface area contributed by atoms with Crippen LogP contribution in [0.3, 0.4) is 0 Å². The van der Waals surface area contributed by atoms with E-state index in [1.54, 1.807) is 18.4 Å². The summed E-state index contributed by atoms with van der Waals surface area (Å²) >= 11 is 12.0. The summed E-state index contributed by atoms with van der Waals surface area (Å²) in [7, 11) is -5.05. The second-order valence-corrected chi connectivity index (χ2v) is 12.2. The van der Waals surface area contributed by atoms with E-state index in [2.05, 4.69) is 9.71 Å². The van der Waals surface area contributed by atoms with Crippen LogP contribution in [0.2, 0.25) is 10.0 Å². The van der Waals surface area contributed by atoms with Gasteiger partial charge in [0.1, 0.15) is 5.71 Å². The zero-order valence-corrected chi connectivity index (χ0v) is 22.5. The molecule has 1 aliphatic heterocycles. The number of amidine groups is 1. The molecule has 2 atom stereocenters. The van der Waals surface area contributed by atoms with Gasteiger partial charge >= 0.3 is 0 Å².